The summed E-state index contributed by atoms with van der Waals surface area (Å²) in [5.74, 6) is 0. The zero-order chi connectivity index (χ0) is 10.3. The highest BCUT2D eigenvalue weighted by atomic mass is 16.5. The van der Waals surface area contributed by atoms with Gasteiger partial charge in [-0.2, -0.15) is 0 Å². The largest absolute Gasteiger partial charge is 0.379 e. The Labute approximate surface area is 85.9 Å². The second-order valence-corrected chi connectivity index (χ2v) is 3.71. The minimum Gasteiger partial charge on any atom is -0.379 e. The molecule has 5 heteroatoms. The standard InChI is InChI=1S/C10H11N3O2/c14-10-9-5-11-7-12(9)2-3-13(10)8-1-4-15-6-8/h2-3,5,7-8H,1,4,6H2. The SMILES string of the molecule is O=c1c2cncn2ccn1C1CCOC1. The first-order chi connectivity index (χ1) is 7.36. The minimum atomic E-state index is 0.00509. The second-order valence-electron chi connectivity index (χ2n) is 3.71. The molecule has 0 aliphatic carbocycles. The molecular formula is C10H11N3O2. The van der Waals surface area contributed by atoms with Crippen molar-refractivity contribution >= 4 is 5.52 Å². The normalized spacial score (nSPS) is 21.2. The summed E-state index contributed by atoms with van der Waals surface area (Å²) in [4.78, 5) is 16.0. The highest BCUT2D eigenvalue weighted by molar-refractivity contribution is 5.41. The molecule has 0 bridgehead atoms. The first-order valence-corrected chi connectivity index (χ1v) is 4.97. The van der Waals surface area contributed by atoms with Crippen LogP contribution in [0.5, 0.6) is 0 Å². The molecule has 2 aromatic rings. The minimum absolute atomic E-state index is 0.00509. The van der Waals surface area contributed by atoms with E-state index in [2.05, 4.69) is 4.98 Å². The number of aromatic nitrogens is 3. The van der Waals surface area contributed by atoms with E-state index in [-0.39, 0.29) is 11.6 Å². The molecule has 0 amide bonds. The van der Waals surface area contributed by atoms with Crippen LogP contribution in [0.15, 0.2) is 29.7 Å². The van der Waals surface area contributed by atoms with Crippen LogP contribution in [-0.2, 0) is 4.74 Å². The fourth-order valence-corrected chi connectivity index (χ4v) is 1.96. The Morgan fingerprint density at radius 2 is 2.40 bits per heavy atom. The molecule has 15 heavy (non-hydrogen) atoms. The van der Waals surface area contributed by atoms with Gasteiger partial charge in [0.25, 0.3) is 5.56 Å². The van der Waals surface area contributed by atoms with Crippen LogP contribution in [0.2, 0.25) is 0 Å². The summed E-state index contributed by atoms with van der Waals surface area (Å²) in [5, 5.41) is 0. The van der Waals surface area contributed by atoms with Crippen LogP contribution in [0.1, 0.15) is 12.5 Å². The molecule has 1 aliphatic rings. The Bertz CT molecular complexity index is 537. The summed E-state index contributed by atoms with van der Waals surface area (Å²) in [7, 11) is 0. The highest BCUT2D eigenvalue weighted by Gasteiger charge is 2.19. The maximum absolute atomic E-state index is 12.0. The molecule has 0 saturated carbocycles. The molecule has 0 radical (unpaired) electrons. The van der Waals surface area contributed by atoms with Gasteiger partial charge in [-0.1, -0.05) is 0 Å². The molecule has 0 spiro atoms. The topological polar surface area (TPSA) is 48.5 Å². The average Bonchev–Trinajstić information content (AvgIpc) is 2.87. The molecule has 78 valence electrons. The first kappa shape index (κ1) is 8.67. The second kappa shape index (κ2) is 3.20. The molecule has 1 aliphatic heterocycles. The molecule has 1 unspecified atom stereocenters. The van der Waals surface area contributed by atoms with Gasteiger partial charge in [0, 0.05) is 19.0 Å². The third-order valence-electron chi connectivity index (χ3n) is 2.81. The first-order valence-electron chi connectivity index (χ1n) is 4.97. The van der Waals surface area contributed by atoms with Gasteiger partial charge in [-0.15, -0.1) is 0 Å². The maximum Gasteiger partial charge on any atom is 0.276 e. The van der Waals surface area contributed by atoms with Crippen LogP contribution in [-0.4, -0.2) is 27.2 Å². The van der Waals surface area contributed by atoms with E-state index in [9.17, 15) is 4.79 Å². The van der Waals surface area contributed by atoms with Gasteiger partial charge in [0.05, 0.1) is 25.2 Å². The van der Waals surface area contributed by atoms with E-state index in [4.69, 9.17) is 4.74 Å². The smallest absolute Gasteiger partial charge is 0.276 e. The predicted octanol–water partition coefficient (Wildman–Crippen LogP) is 0.457. The summed E-state index contributed by atoms with van der Waals surface area (Å²) in [5.41, 5.74) is 0.620. The molecule has 1 atom stereocenters. The van der Waals surface area contributed by atoms with Gasteiger partial charge in [-0.3, -0.25) is 4.79 Å². The third kappa shape index (κ3) is 1.27. The number of rotatable bonds is 1. The van der Waals surface area contributed by atoms with Gasteiger partial charge in [0.15, 0.2) is 0 Å². The lowest BCUT2D eigenvalue weighted by atomic mass is 10.2. The number of fused-ring (bicyclic) bond motifs is 1. The maximum atomic E-state index is 12.0. The van der Waals surface area contributed by atoms with E-state index >= 15 is 0 Å². The number of imidazole rings is 1. The van der Waals surface area contributed by atoms with Gasteiger partial charge in [0.2, 0.25) is 0 Å². The monoisotopic (exact) mass is 205 g/mol. The molecule has 0 N–H and O–H groups in total. The van der Waals surface area contributed by atoms with E-state index in [1.54, 1.807) is 27.7 Å². The molecule has 3 heterocycles. The lowest BCUT2D eigenvalue weighted by Gasteiger charge is -2.11. The average molecular weight is 205 g/mol. The molecule has 0 aromatic carbocycles. The summed E-state index contributed by atoms with van der Waals surface area (Å²) >= 11 is 0. The van der Waals surface area contributed by atoms with E-state index in [1.165, 1.54) is 0 Å². The van der Waals surface area contributed by atoms with Gasteiger partial charge in [-0.05, 0) is 6.42 Å². The van der Waals surface area contributed by atoms with Gasteiger partial charge in [-0.25, -0.2) is 4.98 Å². The summed E-state index contributed by atoms with van der Waals surface area (Å²) in [6.45, 7) is 1.37. The number of ether oxygens (including phenoxy) is 1. The molecule has 2 aromatic heterocycles. The van der Waals surface area contributed by atoms with E-state index < -0.39 is 0 Å². The predicted molar refractivity (Wildman–Crippen MR) is 53.9 cm³/mol. The Balaban J connectivity index is 2.18. The van der Waals surface area contributed by atoms with E-state index in [0.29, 0.717) is 12.1 Å². The van der Waals surface area contributed by atoms with Crippen molar-refractivity contribution in [2.24, 2.45) is 0 Å². The lowest BCUT2D eigenvalue weighted by Crippen LogP contribution is -2.25. The van der Waals surface area contributed by atoms with Crippen LogP contribution in [0.3, 0.4) is 0 Å². The summed E-state index contributed by atoms with van der Waals surface area (Å²) in [6.07, 6.45) is 7.78. The quantitative estimate of drug-likeness (QED) is 0.679. The van der Waals surface area contributed by atoms with Crippen molar-refractivity contribution in [2.45, 2.75) is 12.5 Å². The molecule has 5 nitrogen and oxygen atoms in total. The van der Waals surface area contributed by atoms with Crippen molar-refractivity contribution in [3.63, 3.8) is 0 Å². The number of nitrogens with zero attached hydrogens (tertiary/aromatic N) is 3. The Hall–Kier alpha value is -1.62. The van der Waals surface area contributed by atoms with Crippen LogP contribution < -0.4 is 5.56 Å². The van der Waals surface area contributed by atoms with Gasteiger partial charge >= 0.3 is 0 Å². The molecule has 1 fully saturated rings. The van der Waals surface area contributed by atoms with Crippen LogP contribution >= 0.6 is 0 Å². The van der Waals surface area contributed by atoms with Crippen molar-refractivity contribution in [1.29, 1.82) is 0 Å². The fraction of sp³-hybridized carbons (Fsp3) is 0.400. The van der Waals surface area contributed by atoms with Crippen LogP contribution in [0.4, 0.5) is 0 Å². The Morgan fingerprint density at radius 3 is 3.20 bits per heavy atom. The number of hydrogen-bond acceptors (Lipinski definition) is 3. The Morgan fingerprint density at radius 1 is 1.47 bits per heavy atom. The van der Waals surface area contributed by atoms with Crippen LogP contribution in [0.25, 0.3) is 5.52 Å². The Kier molecular flexibility index (Phi) is 1.85. The fourth-order valence-electron chi connectivity index (χ4n) is 1.96. The third-order valence-corrected chi connectivity index (χ3v) is 2.81. The van der Waals surface area contributed by atoms with Crippen molar-refractivity contribution in [2.75, 3.05) is 13.2 Å². The van der Waals surface area contributed by atoms with Crippen molar-refractivity contribution in [1.82, 2.24) is 14.0 Å². The van der Waals surface area contributed by atoms with Gasteiger partial charge < -0.3 is 13.7 Å². The van der Waals surface area contributed by atoms with Crippen molar-refractivity contribution in [3.8, 4) is 0 Å². The van der Waals surface area contributed by atoms with Crippen molar-refractivity contribution in [3.05, 3.63) is 35.3 Å². The highest BCUT2D eigenvalue weighted by Crippen LogP contribution is 2.16. The molecule has 3 rings (SSSR count). The van der Waals surface area contributed by atoms with Crippen LogP contribution in [0, 0.1) is 0 Å². The van der Waals surface area contributed by atoms with E-state index in [0.717, 1.165) is 13.0 Å². The summed E-state index contributed by atoms with van der Waals surface area (Å²) in [6, 6.07) is 0.178. The van der Waals surface area contributed by atoms with E-state index in [1.807, 2.05) is 6.20 Å². The summed E-state index contributed by atoms with van der Waals surface area (Å²) < 4.78 is 8.75. The molecule has 1 saturated heterocycles. The van der Waals surface area contributed by atoms with Crippen molar-refractivity contribution < 1.29 is 4.74 Å². The van der Waals surface area contributed by atoms with Gasteiger partial charge in [0.1, 0.15) is 5.52 Å². The lowest BCUT2D eigenvalue weighted by molar-refractivity contribution is 0.186. The number of hydrogen-bond donors (Lipinski definition) is 0. The zero-order valence-corrected chi connectivity index (χ0v) is 8.17. The molecular weight excluding hydrogens is 194 g/mol. The zero-order valence-electron chi connectivity index (χ0n) is 8.17.